The van der Waals surface area contributed by atoms with Crippen LogP contribution in [0.25, 0.3) is 11.2 Å². The van der Waals surface area contributed by atoms with Crippen molar-refractivity contribution < 1.29 is 4.39 Å². The molecule has 0 aliphatic carbocycles. The van der Waals surface area contributed by atoms with Crippen LogP contribution in [0.4, 0.5) is 10.2 Å². The van der Waals surface area contributed by atoms with E-state index in [1.54, 1.807) is 12.4 Å². The topological polar surface area (TPSA) is 69.6 Å². The summed E-state index contributed by atoms with van der Waals surface area (Å²) in [5, 5.41) is 0. The number of imidazole rings is 1. The van der Waals surface area contributed by atoms with Gasteiger partial charge in [0, 0.05) is 4.47 Å². The Morgan fingerprint density at radius 1 is 1.26 bits per heavy atom. The van der Waals surface area contributed by atoms with Gasteiger partial charge in [0.2, 0.25) is 0 Å². The first-order chi connectivity index (χ1) is 9.15. The van der Waals surface area contributed by atoms with Crippen LogP contribution in [-0.2, 0) is 6.54 Å². The van der Waals surface area contributed by atoms with Gasteiger partial charge in [0.05, 0.1) is 12.9 Å². The van der Waals surface area contributed by atoms with E-state index in [1.165, 1.54) is 18.5 Å². The Kier molecular flexibility index (Phi) is 2.90. The predicted molar refractivity (Wildman–Crippen MR) is 72.9 cm³/mol. The lowest BCUT2D eigenvalue weighted by Gasteiger charge is -2.06. The van der Waals surface area contributed by atoms with Gasteiger partial charge in [-0.3, -0.25) is 0 Å². The minimum atomic E-state index is -0.280. The van der Waals surface area contributed by atoms with Gasteiger partial charge in [0.15, 0.2) is 11.5 Å². The van der Waals surface area contributed by atoms with E-state index in [1.807, 2.05) is 4.57 Å². The normalized spacial score (nSPS) is 11.1. The van der Waals surface area contributed by atoms with Gasteiger partial charge >= 0.3 is 0 Å². The number of aromatic nitrogens is 4. The minimum absolute atomic E-state index is 0.280. The van der Waals surface area contributed by atoms with Crippen LogP contribution in [-0.4, -0.2) is 19.5 Å². The molecule has 19 heavy (non-hydrogen) atoms. The van der Waals surface area contributed by atoms with Crippen molar-refractivity contribution in [3.8, 4) is 0 Å². The molecule has 2 N–H and O–H groups in total. The number of fused-ring (bicyclic) bond motifs is 1. The van der Waals surface area contributed by atoms with Gasteiger partial charge in [-0.15, -0.1) is 0 Å². The predicted octanol–water partition coefficient (Wildman–Crippen LogP) is 2.36. The van der Waals surface area contributed by atoms with Crippen LogP contribution in [0.15, 0.2) is 35.3 Å². The number of halogens is 2. The van der Waals surface area contributed by atoms with Crippen LogP contribution in [0, 0.1) is 5.82 Å². The lowest BCUT2D eigenvalue weighted by molar-refractivity contribution is 0.625. The number of nitrogens with two attached hydrogens (primary N) is 1. The molecule has 3 aromatic rings. The van der Waals surface area contributed by atoms with Gasteiger partial charge in [-0.25, -0.2) is 19.3 Å². The zero-order valence-corrected chi connectivity index (χ0v) is 11.3. The highest BCUT2D eigenvalue weighted by Gasteiger charge is 2.09. The van der Waals surface area contributed by atoms with Gasteiger partial charge in [-0.2, -0.15) is 0 Å². The van der Waals surface area contributed by atoms with Gasteiger partial charge in [0.25, 0.3) is 0 Å². The molecule has 7 heteroatoms. The van der Waals surface area contributed by atoms with Crippen molar-refractivity contribution in [1.82, 2.24) is 19.5 Å². The third-order valence-electron chi connectivity index (χ3n) is 2.79. The largest absolute Gasteiger partial charge is 0.382 e. The highest BCUT2D eigenvalue weighted by atomic mass is 79.9. The zero-order valence-electron chi connectivity index (χ0n) is 9.72. The quantitative estimate of drug-likeness (QED) is 0.786. The maximum absolute atomic E-state index is 13.0. The number of rotatable bonds is 2. The molecule has 0 amide bonds. The first-order valence-electron chi connectivity index (χ1n) is 5.50. The average molecular weight is 322 g/mol. The number of hydrogen-bond acceptors (Lipinski definition) is 4. The van der Waals surface area contributed by atoms with E-state index >= 15 is 0 Å². The second kappa shape index (κ2) is 4.58. The lowest BCUT2D eigenvalue weighted by atomic mass is 10.2. The molecule has 0 spiro atoms. The highest BCUT2D eigenvalue weighted by molar-refractivity contribution is 9.10. The Bertz CT molecular complexity index is 755. The summed E-state index contributed by atoms with van der Waals surface area (Å²) in [5.74, 6) is 0.0691. The van der Waals surface area contributed by atoms with E-state index in [0.29, 0.717) is 28.0 Å². The zero-order chi connectivity index (χ0) is 13.4. The summed E-state index contributed by atoms with van der Waals surface area (Å²) in [5.41, 5.74) is 7.88. The number of hydrogen-bond donors (Lipinski definition) is 1. The molecule has 5 nitrogen and oxygen atoms in total. The van der Waals surface area contributed by atoms with Gasteiger partial charge in [-0.05, 0) is 17.7 Å². The third-order valence-corrected chi connectivity index (χ3v) is 3.52. The summed E-state index contributed by atoms with van der Waals surface area (Å²) in [4.78, 5) is 12.2. The minimum Gasteiger partial charge on any atom is -0.382 e. The van der Waals surface area contributed by atoms with Crippen LogP contribution >= 0.6 is 15.9 Å². The molecule has 0 atom stereocenters. The van der Waals surface area contributed by atoms with Gasteiger partial charge < -0.3 is 10.3 Å². The van der Waals surface area contributed by atoms with Gasteiger partial charge in [0.1, 0.15) is 17.7 Å². The number of anilines is 1. The average Bonchev–Trinajstić information content (AvgIpc) is 2.78. The Hall–Kier alpha value is -2.02. The molecule has 0 saturated heterocycles. The van der Waals surface area contributed by atoms with E-state index in [4.69, 9.17) is 5.73 Å². The lowest BCUT2D eigenvalue weighted by Crippen LogP contribution is -2.01. The second-order valence-corrected chi connectivity index (χ2v) is 4.89. The van der Waals surface area contributed by atoms with E-state index in [0.717, 1.165) is 5.56 Å². The number of nitrogen functional groups attached to an aromatic ring is 1. The molecule has 2 heterocycles. The fraction of sp³-hybridized carbons (Fsp3) is 0.0833. The van der Waals surface area contributed by atoms with Crippen molar-refractivity contribution in [1.29, 1.82) is 0 Å². The molecule has 0 aliphatic heterocycles. The first-order valence-corrected chi connectivity index (χ1v) is 6.29. The maximum Gasteiger partial charge on any atom is 0.165 e. The Labute approximate surface area is 116 Å². The SMILES string of the molecule is Nc1ncnc2c1ncn2Cc1ccc(F)cc1Br. The smallest absolute Gasteiger partial charge is 0.165 e. The molecule has 1 aromatic carbocycles. The number of nitrogens with zero attached hydrogens (tertiary/aromatic N) is 4. The van der Waals surface area contributed by atoms with Gasteiger partial charge in [-0.1, -0.05) is 22.0 Å². The summed E-state index contributed by atoms with van der Waals surface area (Å²) >= 11 is 3.34. The maximum atomic E-state index is 13.0. The monoisotopic (exact) mass is 321 g/mol. The molecule has 0 saturated carbocycles. The fourth-order valence-electron chi connectivity index (χ4n) is 1.85. The van der Waals surface area contributed by atoms with E-state index in [-0.39, 0.29) is 5.82 Å². The molecule has 0 aliphatic rings. The first kappa shape index (κ1) is 12.0. The fourth-order valence-corrected chi connectivity index (χ4v) is 2.32. The summed E-state index contributed by atoms with van der Waals surface area (Å²) in [7, 11) is 0. The van der Waals surface area contributed by atoms with Crippen molar-refractivity contribution in [2.24, 2.45) is 0 Å². The molecule has 3 rings (SSSR count). The molecular weight excluding hydrogens is 313 g/mol. The Morgan fingerprint density at radius 3 is 2.89 bits per heavy atom. The molecule has 0 fully saturated rings. The summed E-state index contributed by atoms with van der Waals surface area (Å²) < 4.78 is 15.6. The van der Waals surface area contributed by atoms with Crippen LogP contribution in [0.1, 0.15) is 5.56 Å². The van der Waals surface area contributed by atoms with E-state index in [9.17, 15) is 4.39 Å². The Morgan fingerprint density at radius 2 is 2.11 bits per heavy atom. The number of benzene rings is 1. The molecule has 0 bridgehead atoms. The standard InChI is InChI=1S/C12H9BrFN5/c13-9-3-8(14)2-1-7(9)4-19-6-18-10-11(15)16-5-17-12(10)19/h1-3,5-6H,4H2,(H2,15,16,17). The van der Waals surface area contributed by atoms with Crippen LogP contribution in [0.5, 0.6) is 0 Å². The van der Waals surface area contributed by atoms with E-state index < -0.39 is 0 Å². The molecule has 0 radical (unpaired) electrons. The van der Waals surface area contributed by atoms with Crippen LogP contribution < -0.4 is 5.73 Å². The summed E-state index contributed by atoms with van der Waals surface area (Å²) in [6.45, 7) is 0.522. The second-order valence-electron chi connectivity index (χ2n) is 4.04. The van der Waals surface area contributed by atoms with Crippen LogP contribution in [0.2, 0.25) is 0 Å². The highest BCUT2D eigenvalue weighted by Crippen LogP contribution is 2.21. The van der Waals surface area contributed by atoms with Crippen molar-refractivity contribution in [3.05, 3.63) is 46.7 Å². The van der Waals surface area contributed by atoms with Crippen molar-refractivity contribution in [2.45, 2.75) is 6.54 Å². The summed E-state index contributed by atoms with van der Waals surface area (Å²) in [6.07, 6.45) is 3.04. The van der Waals surface area contributed by atoms with Crippen molar-refractivity contribution >= 4 is 32.9 Å². The molecule has 0 unspecified atom stereocenters. The third kappa shape index (κ3) is 2.17. The van der Waals surface area contributed by atoms with E-state index in [2.05, 4.69) is 30.9 Å². The summed E-state index contributed by atoms with van der Waals surface area (Å²) in [6, 6.07) is 4.57. The van der Waals surface area contributed by atoms with Crippen LogP contribution in [0.3, 0.4) is 0 Å². The molecular formula is C12H9BrFN5. The molecule has 2 aromatic heterocycles. The Balaban J connectivity index is 2.04. The van der Waals surface area contributed by atoms with Crippen molar-refractivity contribution in [3.63, 3.8) is 0 Å². The molecule has 96 valence electrons. The van der Waals surface area contributed by atoms with Crippen molar-refractivity contribution in [2.75, 3.05) is 5.73 Å².